The zero-order valence-corrected chi connectivity index (χ0v) is 9.79. The molecule has 0 unspecified atom stereocenters. The summed E-state index contributed by atoms with van der Waals surface area (Å²) in [4.78, 5) is 4.15. The molecule has 3 rings (SSSR count). The van der Waals surface area contributed by atoms with E-state index >= 15 is 0 Å². The number of halogens is 1. The minimum Gasteiger partial charge on any atom is -0.494 e. The van der Waals surface area contributed by atoms with E-state index in [0.717, 1.165) is 18.7 Å². The third-order valence-corrected chi connectivity index (χ3v) is 3.70. The van der Waals surface area contributed by atoms with Gasteiger partial charge in [-0.2, -0.15) is 0 Å². The van der Waals surface area contributed by atoms with E-state index in [4.69, 9.17) is 16.3 Å². The van der Waals surface area contributed by atoms with Gasteiger partial charge in [-0.25, -0.2) is 4.98 Å². The lowest BCUT2D eigenvalue weighted by Gasteiger charge is -2.29. The van der Waals surface area contributed by atoms with Crippen LogP contribution in [0.2, 0.25) is 5.15 Å². The topological polar surface area (TPSA) is 34.1 Å². The molecule has 4 heteroatoms. The minimum absolute atomic E-state index is 0.423. The first-order valence-electron chi connectivity index (χ1n) is 5.42. The Balaban J connectivity index is 1.93. The summed E-state index contributed by atoms with van der Waals surface area (Å²) in [6.07, 6.45) is 4.14. The van der Waals surface area contributed by atoms with Crippen molar-refractivity contribution in [3.8, 4) is 5.75 Å². The molecule has 1 aliphatic carbocycles. The molecule has 0 spiro atoms. The molecule has 1 fully saturated rings. The van der Waals surface area contributed by atoms with E-state index in [-0.39, 0.29) is 0 Å². The number of hydrogen-bond donors (Lipinski definition) is 1. The molecular weight excluding hydrogens is 224 g/mol. The minimum atomic E-state index is 0.423. The van der Waals surface area contributed by atoms with Gasteiger partial charge in [-0.3, -0.25) is 0 Å². The molecule has 1 aliphatic heterocycles. The number of ether oxygens (including phenoxy) is 1. The molecule has 16 heavy (non-hydrogen) atoms. The molecule has 1 aromatic rings. The summed E-state index contributed by atoms with van der Waals surface area (Å²) in [5.41, 5.74) is 2.50. The Morgan fingerprint density at radius 1 is 1.50 bits per heavy atom. The molecule has 1 saturated heterocycles. The van der Waals surface area contributed by atoms with Crippen molar-refractivity contribution in [3.63, 3.8) is 0 Å². The maximum Gasteiger partial charge on any atom is 0.171 e. The van der Waals surface area contributed by atoms with Crippen LogP contribution in [0.15, 0.2) is 18.3 Å². The zero-order chi connectivity index (χ0) is 11.1. The Bertz CT molecular complexity index is 458. The quantitative estimate of drug-likeness (QED) is 0.798. The third kappa shape index (κ3) is 1.43. The number of rotatable bonds is 2. The lowest BCUT2D eigenvalue weighted by Crippen LogP contribution is -2.22. The lowest BCUT2D eigenvalue weighted by molar-refractivity contribution is 0.413. The number of fused-ring (bicyclic) bond motifs is 1. The fourth-order valence-corrected chi connectivity index (χ4v) is 2.67. The highest BCUT2D eigenvalue weighted by molar-refractivity contribution is 6.30. The number of aromatic nitrogens is 1. The molecule has 2 atom stereocenters. The highest BCUT2D eigenvalue weighted by Gasteiger charge is 2.36. The van der Waals surface area contributed by atoms with E-state index in [1.165, 1.54) is 5.57 Å². The van der Waals surface area contributed by atoms with Gasteiger partial charge in [-0.05, 0) is 23.1 Å². The van der Waals surface area contributed by atoms with E-state index in [9.17, 15) is 0 Å². The van der Waals surface area contributed by atoms with Crippen molar-refractivity contribution in [1.29, 1.82) is 0 Å². The first kappa shape index (κ1) is 10.1. The van der Waals surface area contributed by atoms with Gasteiger partial charge in [0.15, 0.2) is 10.9 Å². The van der Waals surface area contributed by atoms with Crippen molar-refractivity contribution < 1.29 is 4.74 Å². The van der Waals surface area contributed by atoms with E-state index in [0.29, 0.717) is 22.7 Å². The van der Waals surface area contributed by atoms with Crippen LogP contribution in [-0.4, -0.2) is 25.2 Å². The Hall–Kier alpha value is -1.06. The van der Waals surface area contributed by atoms with Crippen LogP contribution >= 0.6 is 11.6 Å². The van der Waals surface area contributed by atoms with Gasteiger partial charge in [0.2, 0.25) is 0 Å². The second kappa shape index (κ2) is 3.75. The summed E-state index contributed by atoms with van der Waals surface area (Å²) in [7, 11) is 1.61. The van der Waals surface area contributed by atoms with E-state index < -0.39 is 0 Å². The first-order chi connectivity index (χ1) is 7.79. The van der Waals surface area contributed by atoms with Crippen molar-refractivity contribution in [2.75, 3.05) is 20.2 Å². The van der Waals surface area contributed by atoms with E-state index in [2.05, 4.69) is 16.4 Å². The third-order valence-electron chi connectivity index (χ3n) is 3.41. The SMILES string of the molecule is COc1cc(C2=C[C@@H]3CNC[C@H]23)cnc1Cl. The van der Waals surface area contributed by atoms with Crippen molar-refractivity contribution in [2.24, 2.45) is 11.8 Å². The van der Waals surface area contributed by atoms with Gasteiger partial charge in [0.1, 0.15) is 0 Å². The van der Waals surface area contributed by atoms with Crippen LogP contribution in [0, 0.1) is 11.8 Å². The van der Waals surface area contributed by atoms with Crippen molar-refractivity contribution in [3.05, 3.63) is 29.1 Å². The molecule has 1 N–H and O–H groups in total. The summed E-state index contributed by atoms with van der Waals surface area (Å²) >= 11 is 5.91. The van der Waals surface area contributed by atoms with Crippen LogP contribution in [-0.2, 0) is 0 Å². The number of pyridine rings is 1. The van der Waals surface area contributed by atoms with Gasteiger partial charge in [0, 0.05) is 25.2 Å². The predicted molar refractivity (Wildman–Crippen MR) is 63.6 cm³/mol. The summed E-state index contributed by atoms with van der Waals surface area (Å²) in [5, 5.41) is 3.82. The van der Waals surface area contributed by atoms with Gasteiger partial charge in [0.25, 0.3) is 0 Å². The zero-order valence-electron chi connectivity index (χ0n) is 9.03. The van der Waals surface area contributed by atoms with Gasteiger partial charge in [-0.1, -0.05) is 17.7 Å². The maximum atomic E-state index is 5.91. The average molecular weight is 237 g/mol. The predicted octanol–water partition coefficient (Wildman–Crippen LogP) is 1.98. The number of methoxy groups -OCH3 is 1. The van der Waals surface area contributed by atoms with Crippen LogP contribution in [0.1, 0.15) is 5.56 Å². The number of nitrogens with one attached hydrogen (secondary N) is 1. The number of hydrogen-bond acceptors (Lipinski definition) is 3. The summed E-state index contributed by atoms with van der Waals surface area (Å²) in [6, 6.07) is 1.97. The second-order valence-corrected chi connectivity index (χ2v) is 4.63. The maximum absolute atomic E-state index is 5.91. The van der Waals surface area contributed by atoms with E-state index in [1.807, 2.05) is 12.3 Å². The molecule has 0 saturated carbocycles. The van der Waals surface area contributed by atoms with Crippen LogP contribution in [0.5, 0.6) is 5.75 Å². The Labute approximate surface area is 99.5 Å². The lowest BCUT2D eigenvalue weighted by atomic mass is 9.74. The van der Waals surface area contributed by atoms with E-state index in [1.54, 1.807) is 7.11 Å². The molecular formula is C12H13ClN2O. The normalized spacial score (nSPS) is 27.0. The summed E-state index contributed by atoms with van der Waals surface area (Å²) < 4.78 is 5.18. The molecule has 84 valence electrons. The standard InChI is InChI=1S/C12H13ClN2O/c1-16-11-3-8(5-15-12(11)13)9-2-7-4-14-6-10(7)9/h2-3,5,7,10,14H,4,6H2,1H3/t7-,10+/m1/s1. The summed E-state index contributed by atoms with van der Waals surface area (Å²) in [6.45, 7) is 2.17. The largest absolute Gasteiger partial charge is 0.494 e. The molecule has 2 aliphatic rings. The van der Waals surface area contributed by atoms with Gasteiger partial charge in [0.05, 0.1) is 7.11 Å². The molecule has 0 amide bonds. The van der Waals surface area contributed by atoms with Crippen molar-refractivity contribution in [2.45, 2.75) is 0 Å². The Kier molecular flexibility index (Phi) is 2.37. The first-order valence-corrected chi connectivity index (χ1v) is 5.79. The number of nitrogens with zero attached hydrogens (tertiary/aromatic N) is 1. The average Bonchev–Trinajstić information content (AvgIpc) is 2.63. The highest BCUT2D eigenvalue weighted by Crippen LogP contribution is 2.43. The fourth-order valence-electron chi connectivity index (χ4n) is 2.49. The van der Waals surface area contributed by atoms with Crippen LogP contribution in [0.4, 0.5) is 0 Å². The molecule has 0 bridgehead atoms. The Morgan fingerprint density at radius 3 is 3.12 bits per heavy atom. The van der Waals surface area contributed by atoms with Crippen molar-refractivity contribution in [1.82, 2.24) is 10.3 Å². The van der Waals surface area contributed by atoms with Crippen molar-refractivity contribution >= 4 is 17.2 Å². The smallest absolute Gasteiger partial charge is 0.171 e. The van der Waals surface area contributed by atoms with Gasteiger partial charge < -0.3 is 10.1 Å². The molecule has 0 radical (unpaired) electrons. The van der Waals surface area contributed by atoms with Crippen LogP contribution in [0.3, 0.4) is 0 Å². The van der Waals surface area contributed by atoms with Gasteiger partial charge in [-0.15, -0.1) is 0 Å². The molecule has 3 nitrogen and oxygen atoms in total. The second-order valence-electron chi connectivity index (χ2n) is 4.27. The Morgan fingerprint density at radius 2 is 2.38 bits per heavy atom. The molecule has 2 heterocycles. The van der Waals surface area contributed by atoms with Crippen LogP contribution < -0.4 is 10.1 Å². The van der Waals surface area contributed by atoms with Gasteiger partial charge >= 0.3 is 0 Å². The highest BCUT2D eigenvalue weighted by atomic mass is 35.5. The molecule has 1 aromatic heterocycles. The van der Waals surface area contributed by atoms with Crippen LogP contribution in [0.25, 0.3) is 5.57 Å². The molecule has 0 aromatic carbocycles. The fraction of sp³-hybridized carbons (Fsp3) is 0.417. The summed E-state index contributed by atoms with van der Waals surface area (Å²) in [5.74, 6) is 2.00. The monoisotopic (exact) mass is 236 g/mol.